The number of piperidine rings is 1. The van der Waals surface area contributed by atoms with Crippen molar-refractivity contribution in [1.29, 1.82) is 0 Å². The number of carbonyl (C=O) groups is 2. The second-order valence-corrected chi connectivity index (χ2v) is 9.14. The lowest BCUT2D eigenvalue weighted by Gasteiger charge is -2.37. The van der Waals surface area contributed by atoms with E-state index in [2.05, 4.69) is 15.1 Å². The van der Waals surface area contributed by atoms with E-state index >= 15 is 0 Å². The van der Waals surface area contributed by atoms with Gasteiger partial charge < -0.3 is 4.74 Å². The number of ether oxygens (including phenoxy) is 1. The average molecular weight is 509 g/mol. The SMILES string of the molecule is CCOC(=O)CCn1ncc(C=C2CN(C(C(=O)C3CC3)c3ccccc3F)CCC2S)n1.Cl. The van der Waals surface area contributed by atoms with Gasteiger partial charge in [0.2, 0.25) is 0 Å². The van der Waals surface area contributed by atoms with E-state index in [1.165, 1.54) is 10.9 Å². The molecule has 1 aliphatic carbocycles. The number of likely N-dealkylation sites (tertiary alicyclic amines) is 1. The number of ketones is 1. The summed E-state index contributed by atoms with van der Waals surface area (Å²) in [6.45, 7) is 3.62. The van der Waals surface area contributed by atoms with Gasteiger partial charge in [0.15, 0.2) is 5.78 Å². The fourth-order valence-electron chi connectivity index (χ4n) is 4.17. The first-order chi connectivity index (χ1) is 16.0. The maximum Gasteiger partial charge on any atom is 0.307 e. The van der Waals surface area contributed by atoms with E-state index in [0.717, 1.165) is 24.8 Å². The topological polar surface area (TPSA) is 77.3 Å². The minimum atomic E-state index is -0.594. The zero-order chi connectivity index (χ0) is 23.4. The minimum Gasteiger partial charge on any atom is -0.466 e. The Labute approximate surface area is 210 Å². The highest BCUT2D eigenvalue weighted by molar-refractivity contribution is 7.81. The molecule has 1 aromatic heterocycles. The highest BCUT2D eigenvalue weighted by atomic mass is 35.5. The molecule has 1 saturated heterocycles. The van der Waals surface area contributed by atoms with Crippen molar-refractivity contribution in [2.75, 3.05) is 19.7 Å². The number of thiol groups is 1. The third-order valence-electron chi connectivity index (χ3n) is 6.03. The van der Waals surface area contributed by atoms with E-state index in [0.29, 0.717) is 37.5 Å². The van der Waals surface area contributed by atoms with Crippen molar-refractivity contribution < 1.29 is 18.7 Å². The number of carbonyl (C=O) groups excluding carboxylic acids is 2. The van der Waals surface area contributed by atoms with Crippen LogP contribution in [0.15, 0.2) is 36.0 Å². The Hall–Kier alpha value is -2.23. The first kappa shape index (κ1) is 26.4. The van der Waals surface area contributed by atoms with E-state index in [1.54, 1.807) is 31.3 Å². The van der Waals surface area contributed by atoms with Crippen LogP contribution in [0.5, 0.6) is 0 Å². The van der Waals surface area contributed by atoms with Gasteiger partial charge in [0, 0.05) is 29.8 Å². The van der Waals surface area contributed by atoms with Gasteiger partial charge in [-0.05, 0) is 43.9 Å². The largest absolute Gasteiger partial charge is 0.466 e. The normalized spacial score (nSPS) is 20.6. The maximum atomic E-state index is 14.7. The van der Waals surface area contributed by atoms with Crippen LogP contribution in [0.3, 0.4) is 0 Å². The van der Waals surface area contributed by atoms with Crippen LogP contribution in [0.1, 0.15) is 49.9 Å². The zero-order valence-corrected chi connectivity index (χ0v) is 20.8. The molecule has 2 fully saturated rings. The molecule has 0 radical (unpaired) electrons. The summed E-state index contributed by atoms with van der Waals surface area (Å²) in [5.74, 6) is -0.510. The molecule has 7 nitrogen and oxygen atoms in total. The van der Waals surface area contributed by atoms with Crippen LogP contribution in [-0.4, -0.2) is 56.6 Å². The zero-order valence-electron chi connectivity index (χ0n) is 19.1. The highest BCUT2D eigenvalue weighted by Gasteiger charge is 2.40. The van der Waals surface area contributed by atoms with Crippen LogP contribution in [0.2, 0.25) is 0 Å². The first-order valence-electron chi connectivity index (χ1n) is 11.4. The van der Waals surface area contributed by atoms with Gasteiger partial charge in [0.05, 0.1) is 31.8 Å². The van der Waals surface area contributed by atoms with Crippen molar-refractivity contribution in [2.24, 2.45) is 5.92 Å². The average Bonchev–Trinajstić information content (AvgIpc) is 3.56. The van der Waals surface area contributed by atoms with Crippen LogP contribution in [0.25, 0.3) is 6.08 Å². The molecule has 2 aromatic rings. The first-order valence-corrected chi connectivity index (χ1v) is 11.9. The Morgan fingerprint density at radius 2 is 2.06 bits per heavy atom. The van der Waals surface area contributed by atoms with Gasteiger partial charge in [-0.25, -0.2) is 4.39 Å². The molecule has 0 spiro atoms. The van der Waals surface area contributed by atoms with Crippen molar-refractivity contribution >= 4 is 42.9 Å². The molecule has 1 saturated carbocycles. The fourth-order valence-corrected chi connectivity index (χ4v) is 4.44. The molecule has 34 heavy (non-hydrogen) atoms. The second kappa shape index (κ2) is 12.0. The number of aromatic nitrogens is 3. The fraction of sp³-hybridized carbons (Fsp3) is 0.500. The molecule has 2 atom stereocenters. The Balaban J connectivity index is 0.00000324. The lowest BCUT2D eigenvalue weighted by Crippen LogP contribution is -2.42. The van der Waals surface area contributed by atoms with Gasteiger partial charge in [-0.15, -0.1) is 12.4 Å². The van der Waals surface area contributed by atoms with Crippen molar-refractivity contribution in [3.63, 3.8) is 0 Å². The quantitative estimate of drug-likeness (QED) is 0.409. The molecule has 4 rings (SSSR count). The molecule has 1 aliphatic heterocycles. The molecule has 184 valence electrons. The van der Waals surface area contributed by atoms with Crippen molar-refractivity contribution in [2.45, 2.75) is 50.4 Å². The Bertz CT molecular complexity index is 1040. The standard InChI is InChI=1S/C24H29FN4O3S.ClH/c1-2-32-22(30)10-12-29-26-14-18(27-29)13-17-15-28(11-9-21(17)33)23(24(31)16-7-8-16)19-5-3-4-6-20(19)25;/h3-6,13-14,16,21,23,33H,2,7-12,15H2,1H3;1H. The third-order valence-corrected chi connectivity index (χ3v) is 6.62. The van der Waals surface area contributed by atoms with Gasteiger partial charge in [-0.1, -0.05) is 18.2 Å². The van der Waals surface area contributed by atoms with Gasteiger partial charge >= 0.3 is 5.97 Å². The number of benzene rings is 1. The molecule has 2 heterocycles. The molecule has 0 N–H and O–H groups in total. The monoisotopic (exact) mass is 508 g/mol. The summed E-state index contributed by atoms with van der Waals surface area (Å²) in [7, 11) is 0. The summed E-state index contributed by atoms with van der Waals surface area (Å²) in [6, 6.07) is 5.96. The van der Waals surface area contributed by atoms with E-state index < -0.39 is 6.04 Å². The predicted molar refractivity (Wildman–Crippen MR) is 132 cm³/mol. The van der Waals surface area contributed by atoms with Gasteiger partial charge in [0.25, 0.3) is 0 Å². The third kappa shape index (κ3) is 6.46. The predicted octanol–water partition coefficient (Wildman–Crippen LogP) is 3.90. The number of nitrogens with zero attached hydrogens (tertiary/aromatic N) is 4. The van der Waals surface area contributed by atoms with E-state index in [-0.39, 0.29) is 47.6 Å². The van der Waals surface area contributed by atoms with Gasteiger partial charge in [-0.3, -0.25) is 14.5 Å². The number of esters is 1. The van der Waals surface area contributed by atoms with Crippen LogP contribution < -0.4 is 0 Å². The van der Waals surface area contributed by atoms with E-state index in [4.69, 9.17) is 17.4 Å². The van der Waals surface area contributed by atoms with Crippen molar-refractivity contribution in [1.82, 2.24) is 19.9 Å². The van der Waals surface area contributed by atoms with Crippen LogP contribution in [0.4, 0.5) is 4.39 Å². The number of hydrogen-bond donors (Lipinski definition) is 1. The summed E-state index contributed by atoms with van der Waals surface area (Å²) in [5, 5.41) is 8.67. The Kier molecular flexibility index (Phi) is 9.27. The van der Waals surface area contributed by atoms with E-state index in [9.17, 15) is 14.0 Å². The van der Waals surface area contributed by atoms with Crippen LogP contribution in [0, 0.1) is 11.7 Å². The number of rotatable bonds is 9. The van der Waals surface area contributed by atoms with Crippen molar-refractivity contribution in [3.05, 3.63) is 53.1 Å². The molecular weight excluding hydrogens is 479 g/mol. The number of Topliss-reactive ketones (excluding diaryl/α,β-unsaturated/α-hetero) is 1. The number of halogens is 2. The molecule has 1 aromatic carbocycles. The highest BCUT2D eigenvalue weighted by Crippen LogP contribution is 2.39. The second-order valence-electron chi connectivity index (χ2n) is 8.52. The molecule has 0 amide bonds. The summed E-state index contributed by atoms with van der Waals surface area (Å²) < 4.78 is 19.6. The number of aryl methyl sites for hydroxylation is 1. The number of hydrogen-bond acceptors (Lipinski definition) is 7. The minimum absolute atomic E-state index is 0. The lowest BCUT2D eigenvalue weighted by atomic mass is 9.93. The maximum absolute atomic E-state index is 14.7. The Morgan fingerprint density at radius 1 is 1.29 bits per heavy atom. The van der Waals surface area contributed by atoms with E-state index in [1.807, 2.05) is 6.08 Å². The van der Waals surface area contributed by atoms with Gasteiger partial charge in [-0.2, -0.15) is 27.6 Å². The molecule has 2 aliphatic rings. The molecule has 0 bridgehead atoms. The van der Waals surface area contributed by atoms with Crippen molar-refractivity contribution in [3.8, 4) is 0 Å². The molecule has 2 unspecified atom stereocenters. The molecule has 10 heteroatoms. The smallest absolute Gasteiger partial charge is 0.307 e. The van der Waals surface area contributed by atoms with Crippen LogP contribution >= 0.6 is 25.0 Å². The lowest BCUT2D eigenvalue weighted by molar-refractivity contribution is -0.143. The van der Waals surface area contributed by atoms with Gasteiger partial charge in [0.1, 0.15) is 11.5 Å². The summed E-state index contributed by atoms with van der Waals surface area (Å²) in [4.78, 5) is 28.3. The van der Waals surface area contributed by atoms with Crippen LogP contribution in [-0.2, 0) is 20.9 Å². The molecular formula is C24H30ClFN4O3S. The summed E-state index contributed by atoms with van der Waals surface area (Å²) in [6.07, 6.45) is 6.28. The Morgan fingerprint density at radius 3 is 2.76 bits per heavy atom. The summed E-state index contributed by atoms with van der Waals surface area (Å²) in [5.41, 5.74) is 2.11. The summed E-state index contributed by atoms with van der Waals surface area (Å²) >= 11 is 4.74.